The maximum Gasteiger partial charge on any atom is 0.437 e. The van der Waals surface area contributed by atoms with E-state index in [1.54, 1.807) is 6.92 Å². The largest absolute Gasteiger partial charge is 0.507 e. The molecule has 0 unspecified atom stereocenters. The third-order valence-electron chi connectivity index (χ3n) is 3.09. The molecule has 0 heterocycles. The Morgan fingerprint density at radius 1 is 1.10 bits per heavy atom. The van der Waals surface area contributed by atoms with Gasteiger partial charge in [0.1, 0.15) is 11.5 Å². The molecule has 0 aromatic heterocycles. The van der Waals surface area contributed by atoms with Crippen LogP contribution in [0.2, 0.25) is 0 Å². The number of hydrogen-bond donors (Lipinski definition) is 3. The van der Waals surface area contributed by atoms with Crippen molar-refractivity contribution in [1.29, 1.82) is 0 Å². The minimum atomic E-state index is -4.91. The van der Waals surface area contributed by atoms with Crippen molar-refractivity contribution in [2.24, 2.45) is 5.16 Å². The van der Waals surface area contributed by atoms with Gasteiger partial charge in [0.25, 0.3) is 0 Å². The Balaban J connectivity index is 3.58. The quantitative estimate of drug-likeness (QED) is 0.441. The van der Waals surface area contributed by atoms with E-state index in [-0.39, 0.29) is 17.7 Å². The van der Waals surface area contributed by atoms with Crippen LogP contribution in [0, 0.1) is 0 Å². The number of aryl methyl sites for hydroxylation is 1. The van der Waals surface area contributed by atoms with Gasteiger partial charge in [-0.15, -0.1) is 0 Å². The molecule has 0 atom stereocenters. The molecule has 0 saturated carbocycles. The molecular formula is C14H18F3NO3. The second-order valence-electron chi connectivity index (χ2n) is 4.71. The van der Waals surface area contributed by atoms with E-state index in [2.05, 4.69) is 5.16 Å². The maximum atomic E-state index is 12.9. The van der Waals surface area contributed by atoms with Gasteiger partial charge >= 0.3 is 6.18 Å². The molecule has 0 fully saturated rings. The molecule has 0 radical (unpaired) electrons. The smallest absolute Gasteiger partial charge is 0.437 e. The lowest BCUT2D eigenvalue weighted by atomic mass is 9.94. The zero-order valence-corrected chi connectivity index (χ0v) is 11.8. The van der Waals surface area contributed by atoms with Gasteiger partial charge in [0, 0.05) is 5.56 Å². The van der Waals surface area contributed by atoms with Crippen molar-refractivity contribution in [3.05, 3.63) is 22.8 Å². The number of benzene rings is 1. The Labute approximate surface area is 120 Å². The van der Waals surface area contributed by atoms with Crippen molar-refractivity contribution >= 4 is 5.71 Å². The molecule has 7 heteroatoms. The lowest BCUT2D eigenvalue weighted by Gasteiger charge is -2.17. The Kier molecular flexibility index (Phi) is 5.46. The fraction of sp³-hybridized carbons (Fsp3) is 0.500. The Bertz CT molecular complexity index is 539. The third-order valence-corrected chi connectivity index (χ3v) is 3.09. The molecule has 0 bridgehead atoms. The monoisotopic (exact) mass is 305 g/mol. The molecule has 0 spiro atoms. The minimum absolute atomic E-state index is 0.0452. The average Bonchev–Trinajstić information content (AvgIpc) is 2.39. The number of rotatable bonds is 5. The lowest BCUT2D eigenvalue weighted by Crippen LogP contribution is -2.24. The number of hydrogen-bond acceptors (Lipinski definition) is 4. The van der Waals surface area contributed by atoms with Gasteiger partial charge in [0.15, 0.2) is 5.71 Å². The van der Waals surface area contributed by atoms with Gasteiger partial charge in [-0.1, -0.05) is 31.8 Å². The molecule has 4 nitrogen and oxygen atoms in total. The van der Waals surface area contributed by atoms with Crippen LogP contribution in [0.5, 0.6) is 11.5 Å². The van der Waals surface area contributed by atoms with Crippen LogP contribution in [-0.2, 0) is 12.8 Å². The second-order valence-corrected chi connectivity index (χ2v) is 4.71. The van der Waals surface area contributed by atoms with Crippen LogP contribution >= 0.6 is 0 Å². The van der Waals surface area contributed by atoms with Gasteiger partial charge < -0.3 is 15.4 Å². The zero-order chi connectivity index (χ0) is 16.2. The SMILES string of the molecule is CCCc1cc(/C(=N\O)C(F)(F)F)c(O)c(CCC)c1O. The second kappa shape index (κ2) is 6.69. The van der Waals surface area contributed by atoms with Crippen molar-refractivity contribution in [3.63, 3.8) is 0 Å². The van der Waals surface area contributed by atoms with Gasteiger partial charge in [-0.05, 0) is 24.5 Å². The first-order valence-corrected chi connectivity index (χ1v) is 6.64. The lowest BCUT2D eigenvalue weighted by molar-refractivity contribution is -0.0602. The Morgan fingerprint density at radius 2 is 1.67 bits per heavy atom. The number of phenolic OH excluding ortho intramolecular Hbond substituents is 2. The molecule has 0 aliphatic carbocycles. The van der Waals surface area contributed by atoms with Crippen molar-refractivity contribution in [1.82, 2.24) is 0 Å². The summed E-state index contributed by atoms with van der Waals surface area (Å²) >= 11 is 0. The Morgan fingerprint density at radius 3 is 2.10 bits per heavy atom. The highest BCUT2D eigenvalue weighted by atomic mass is 19.4. The molecule has 21 heavy (non-hydrogen) atoms. The van der Waals surface area contributed by atoms with Gasteiger partial charge in [-0.2, -0.15) is 13.2 Å². The number of halogens is 3. The highest BCUT2D eigenvalue weighted by Crippen LogP contribution is 2.38. The number of alkyl halides is 3. The van der Waals surface area contributed by atoms with Crippen molar-refractivity contribution < 1.29 is 28.6 Å². The van der Waals surface area contributed by atoms with Crippen LogP contribution in [0.25, 0.3) is 0 Å². The number of aromatic hydroxyl groups is 2. The van der Waals surface area contributed by atoms with E-state index in [0.717, 1.165) is 6.07 Å². The fourth-order valence-corrected chi connectivity index (χ4v) is 2.17. The van der Waals surface area contributed by atoms with E-state index in [1.807, 2.05) is 6.92 Å². The van der Waals surface area contributed by atoms with Gasteiger partial charge in [-0.25, -0.2) is 0 Å². The number of nitrogens with zero attached hydrogens (tertiary/aromatic N) is 1. The topological polar surface area (TPSA) is 73.1 Å². The highest BCUT2D eigenvalue weighted by molar-refractivity contribution is 6.07. The summed E-state index contributed by atoms with van der Waals surface area (Å²) in [5.74, 6) is -0.890. The molecule has 3 N–H and O–H groups in total. The van der Waals surface area contributed by atoms with Crippen LogP contribution in [0.4, 0.5) is 13.2 Å². The van der Waals surface area contributed by atoms with Crippen LogP contribution in [0.1, 0.15) is 43.4 Å². The summed E-state index contributed by atoms with van der Waals surface area (Å²) in [4.78, 5) is 0. The highest BCUT2D eigenvalue weighted by Gasteiger charge is 2.40. The standard InChI is InChI=1S/C14H18F3NO3/c1-3-5-8-7-10(13(18-21)14(15,16)17)12(20)9(6-4-2)11(8)19/h7,19-21H,3-6H2,1-2H3/b18-13+. The number of phenols is 2. The molecular weight excluding hydrogens is 287 g/mol. The summed E-state index contributed by atoms with van der Waals surface area (Å²) in [6.45, 7) is 3.59. The maximum absolute atomic E-state index is 12.9. The van der Waals surface area contributed by atoms with Crippen LogP contribution in [-0.4, -0.2) is 27.3 Å². The van der Waals surface area contributed by atoms with E-state index in [0.29, 0.717) is 24.8 Å². The molecule has 1 rings (SSSR count). The summed E-state index contributed by atoms with van der Waals surface area (Å²) in [5, 5.41) is 31.0. The van der Waals surface area contributed by atoms with E-state index in [1.165, 1.54) is 0 Å². The molecule has 0 aliphatic rings. The molecule has 0 aliphatic heterocycles. The van der Waals surface area contributed by atoms with Crippen LogP contribution < -0.4 is 0 Å². The minimum Gasteiger partial charge on any atom is -0.507 e. The van der Waals surface area contributed by atoms with Gasteiger partial charge in [0.05, 0.1) is 5.56 Å². The molecule has 0 amide bonds. The first-order valence-electron chi connectivity index (χ1n) is 6.64. The van der Waals surface area contributed by atoms with Crippen molar-refractivity contribution in [3.8, 4) is 11.5 Å². The van der Waals surface area contributed by atoms with E-state index >= 15 is 0 Å². The van der Waals surface area contributed by atoms with Crippen LogP contribution in [0.15, 0.2) is 11.2 Å². The number of oxime groups is 1. The summed E-state index contributed by atoms with van der Waals surface area (Å²) in [6.07, 6.45) is -3.18. The first kappa shape index (κ1) is 17.1. The van der Waals surface area contributed by atoms with Gasteiger partial charge in [0.2, 0.25) is 0 Å². The normalized spacial score (nSPS) is 12.7. The summed E-state index contributed by atoms with van der Waals surface area (Å²) < 4.78 is 38.6. The predicted octanol–water partition coefficient (Wildman–Crippen LogP) is 3.74. The average molecular weight is 305 g/mol. The molecule has 1 aromatic rings. The van der Waals surface area contributed by atoms with E-state index < -0.39 is 23.2 Å². The Hall–Kier alpha value is -1.92. The predicted molar refractivity (Wildman–Crippen MR) is 72.1 cm³/mol. The summed E-state index contributed by atoms with van der Waals surface area (Å²) in [6, 6.07) is 1.02. The van der Waals surface area contributed by atoms with Gasteiger partial charge in [-0.3, -0.25) is 0 Å². The zero-order valence-electron chi connectivity index (χ0n) is 11.8. The summed E-state index contributed by atoms with van der Waals surface area (Å²) in [5.41, 5.74) is -1.85. The molecule has 0 saturated heterocycles. The van der Waals surface area contributed by atoms with Crippen LogP contribution in [0.3, 0.4) is 0 Å². The molecule has 118 valence electrons. The summed E-state index contributed by atoms with van der Waals surface area (Å²) in [7, 11) is 0. The van der Waals surface area contributed by atoms with Crippen molar-refractivity contribution in [2.45, 2.75) is 45.7 Å². The van der Waals surface area contributed by atoms with E-state index in [9.17, 15) is 23.4 Å². The first-order chi connectivity index (χ1) is 9.77. The van der Waals surface area contributed by atoms with E-state index in [4.69, 9.17) is 5.21 Å². The third kappa shape index (κ3) is 3.59. The fourth-order valence-electron chi connectivity index (χ4n) is 2.17. The van der Waals surface area contributed by atoms with Crippen molar-refractivity contribution in [2.75, 3.05) is 0 Å². The molecule has 1 aromatic carbocycles.